The van der Waals surface area contributed by atoms with Gasteiger partial charge in [0.2, 0.25) is 0 Å². The van der Waals surface area contributed by atoms with E-state index in [1.807, 2.05) is 6.07 Å². The third kappa shape index (κ3) is 1.27. The summed E-state index contributed by atoms with van der Waals surface area (Å²) in [5, 5.41) is 9.94. The van der Waals surface area contributed by atoms with Crippen LogP contribution in [0.1, 0.15) is 24.8 Å². The van der Waals surface area contributed by atoms with E-state index in [0.29, 0.717) is 0 Å². The summed E-state index contributed by atoms with van der Waals surface area (Å²) in [6.45, 7) is 0. The molecule has 1 N–H and O–H groups in total. The van der Waals surface area contributed by atoms with Crippen molar-refractivity contribution in [3.63, 3.8) is 0 Å². The van der Waals surface area contributed by atoms with Gasteiger partial charge in [-0.1, -0.05) is 0 Å². The lowest BCUT2D eigenvalue weighted by Crippen LogP contribution is -2.33. The van der Waals surface area contributed by atoms with Gasteiger partial charge in [-0.3, -0.25) is 4.98 Å². The van der Waals surface area contributed by atoms with E-state index in [1.165, 1.54) is 0 Å². The fourth-order valence-corrected chi connectivity index (χ4v) is 1.83. The van der Waals surface area contributed by atoms with Gasteiger partial charge in [-0.05, 0) is 41.3 Å². The van der Waals surface area contributed by atoms with Gasteiger partial charge in [-0.2, -0.15) is 0 Å². The Hall–Kier alpha value is -0.410. The number of nitrogens with zero attached hydrogens (tertiary/aromatic N) is 1. The maximum atomic E-state index is 9.94. The molecular formula is C9H10BrNO. The Kier molecular flexibility index (Phi) is 1.93. The van der Waals surface area contributed by atoms with Crippen LogP contribution in [0.4, 0.5) is 0 Å². The van der Waals surface area contributed by atoms with Gasteiger partial charge in [0.25, 0.3) is 0 Å². The molecule has 2 nitrogen and oxygen atoms in total. The van der Waals surface area contributed by atoms with Crippen LogP contribution < -0.4 is 0 Å². The molecule has 1 aromatic rings. The lowest BCUT2D eigenvalue weighted by atomic mass is 9.76. The minimum atomic E-state index is -0.587. The van der Waals surface area contributed by atoms with Crippen LogP contribution in [0, 0.1) is 0 Å². The highest BCUT2D eigenvalue weighted by Gasteiger charge is 2.36. The van der Waals surface area contributed by atoms with Crippen LogP contribution >= 0.6 is 15.9 Å². The molecule has 0 radical (unpaired) electrons. The third-order valence-electron chi connectivity index (χ3n) is 2.42. The molecule has 12 heavy (non-hydrogen) atoms. The first-order valence-electron chi connectivity index (χ1n) is 4.04. The Morgan fingerprint density at radius 3 is 2.67 bits per heavy atom. The Morgan fingerprint density at radius 1 is 1.42 bits per heavy atom. The highest BCUT2D eigenvalue weighted by atomic mass is 79.9. The Morgan fingerprint density at radius 2 is 2.17 bits per heavy atom. The van der Waals surface area contributed by atoms with E-state index in [9.17, 15) is 5.11 Å². The summed E-state index contributed by atoms with van der Waals surface area (Å²) in [5.74, 6) is 0. The molecule has 0 amide bonds. The summed E-state index contributed by atoms with van der Waals surface area (Å²) in [4.78, 5) is 4.03. The van der Waals surface area contributed by atoms with Crippen LogP contribution in [-0.2, 0) is 5.60 Å². The normalized spacial score (nSPS) is 20.2. The van der Waals surface area contributed by atoms with E-state index >= 15 is 0 Å². The average molecular weight is 228 g/mol. The molecule has 1 fully saturated rings. The van der Waals surface area contributed by atoms with Crippen LogP contribution in [0.15, 0.2) is 22.9 Å². The van der Waals surface area contributed by atoms with Crippen molar-refractivity contribution >= 4 is 15.9 Å². The molecule has 0 saturated heterocycles. The first kappa shape index (κ1) is 8.20. The first-order chi connectivity index (χ1) is 5.71. The van der Waals surface area contributed by atoms with Crippen LogP contribution in [0.25, 0.3) is 0 Å². The number of hydrogen-bond acceptors (Lipinski definition) is 2. The van der Waals surface area contributed by atoms with E-state index in [0.717, 1.165) is 29.3 Å². The zero-order valence-electron chi connectivity index (χ0n) is 6.63. The summed E-state index contributed by atoms with van der Waals surface area (Å²) in [6.07, 6.45) is 6.31. The Bertz CT molecular complexity index is 296. The molecule has 0 unspecified atom stereocenters. The highest BCUT2D eigenvalue weighted by molar-refractivity contribution is 9.10. The molecule has 1 heterocycles. The van der Waals surface area contributed by atoms with Crippen molar-refractivity contribution in [2.45, 2.75) is 24.9 Å². The van der Waals surface area contributed by atoms with Crippen molar-refractivity contribution < 1.29 is 5.11 Å². The second-order valence-corrected chi connectivity index (χ2v) is 4.19. The van der Waals surface area contributed by atoms with Crippen LogP contribution in [-0.4, -0.2) is 10.1 Å². The second-order valence-electron chi connectivity index (χ2n) is 3.28. The minimum Gasteiger partial charge on any atom is -0.385 e. The van der Waals surface area contributed by atoms with Crippen LogP contribution in [0.2, 0.25) is 0 Å². The summed E-state index contributed by atoms with van der Waals surface area (Å²) < 4.78 is 0.931. The number of aromatic nitrogens is 1. The van der Waals surface area contributed by atoms with Gasteiger partial charge < -0.3 is 5.11 Å². The number of hydrogen-bond donors (Lipinski definition) is 1. The number of halogens is 1. The zero-order chi connectivity index (χ0) is 8.60. The van der Waals surface area contributed by atoms with Crippen molar-refractivity contribution in [3.8, 4) is 0 Å². The second kappa shape index (κ2) is 2.82. The van der Waals surface area contributed by atoms with Gasteiger partial charge in [0.05, 0.1) is 5.60 Å². The van der Waals surface area contributed by atoms with E-state index in [-0.39, 0.29) is 0 Å². The summed E-state index contributed by atoms with van der Waals surface area (Å²) in [5.41, 5.74) is 0.347. The minimum absolute atomic E-state index is 0.587. The molecule has 1 aliphatic rings. The van der Waals surface area contributed by atoms with Gasteiger partial charge in [0.15, 0.2) is 0 Å². The first-order valence-corrected chi connectivity index (χ1v) is 4.83. The Labute approximate surface area is 79.8 Å². The zero-order valence-corrected chi connectivity index (χ0v) is 8.21. The molecule has 1 aliphatic carbocycles. The van der Waals surface area contributed by atoms with Gasteiger partial charge in [0, 0.05) is 22.4 Å². The number of rotatable bonds is 1. The fraction of sp³-hybridized carbons (Fsp3) is 0.444. The molecule has 0 aromatic carbocycles. The van der Waals surface area contributed by atoms with Crippen molar-refractivity contribution in [1.29, 1.82) is 0 Å². The van der Waals surface area contributed by atoms with Gasteiger partial charge in [0.1, 0.15) is 0 Å². The summed E-state index contributed by atoms with van der Waals surface area (Å²) in [6, 6.07) is 1.94. The Balaban J connectivity index is 2.33. The maximum Gasteiger partial charge on any atom is 0.0911 e. The van der Waals surface area contributed by atoms with Gasteiger partial charge in [-0.25, -0.2) is 0 Å². The van der Waals surface area contributed by atoms with E-state index in [1.54, 1.807) is 12.4 Å². The molecule has 1 aromatic heterocycles. The molecule has 0 bridgehead atoms. The van der Waals surface area contributed by atoms with E-state index in [2.05, 4.69) is 20.9 Å². The SMILES string of the molecule is OC1(c2cncc(Br)c2)CCC1. The maximum absolute atomic E-state index is 9.94. The van der Waals surface area contributed by atoms with Crippen LogP contribution in [0.3, 0.4) is 0 Å². The number of pyridine rings is 1. The van der Waals surface area contributed by atoms with Crippen molar-refractivity contribution in [2.75, 3.05) is 0 Å². The fourth-order valence-electron chi connectivity index (χ4n) is 1.47. The topological polar surface area (TPSA) is 33.1 Å². The molecular weight excluding hydrogens is 218 g/mol. The number of aliphatic hydroxyl groups is 1. The lowest BCUT2D eigenvalue weighted by Gasteiger charge is -2.36. The van der Waals surface area contributed by atoms with Crippen molar-refractivity contribution in [1.82, 2.24) is 4.98 Å². The van der Waals surface area contributed by atoms with Crippen LogP contribution in [0.5, 0.6) is 0 Å². The molecule has 1 saturated carbocycles. The smallest absolute Gasteiger partial charge is 0.0911 e. The molecule has 3 heteroatoms. The van der Waals surface area contributed by atoms with E-state index in [4.69, 9.17) is 0 Å². The van der Waals surface area contributed by atoms with Gasteiger partial charge >= 0.3 is 0 Å². The summed E-state index contributed by atoms with van der Waals surface area (Å²) >= 11 is 3.33. The third-order valence-corrected chi connectivity index (χ3v) is 2.86. The monoisotopic (exact) mass is 227 g/mol. The standard InChI is InChI=1S/C9H10BrNO/c10-8-4-7(5-11-6-8)9(12)2-1-3-9/h4-6,12H,1-3H2. The molecule has 64 valence electrons. The molecule has 0 atom stereocenters. The van der Waals surface area contributed by atoms with Gasteiger partial charge in [-0.15, -0.1) is 0 Å². The largest absolute Gasteiger partial charge is 0.385 e. The predicted molar refractivity (Wildman–Crippen MR) is 49.7 cm³/mol. The van der Waals surface area contributed by atoms with Crippen molar-refractivity contribution in [2.24, 2.45) is 0 Å². The lowest BCUT2D eigenvalue weighted by molar-refractivity contribution is -0.0391. The quantitative estimate of drug-likeness (QED) is 0.799. The van der Waals surface area contributed by atoms with Crippen molar-refractivity contribution in [3.05, 3.63) is 28.5 Å². The molecule has 2 rings (SSSR count). The predicted octanol–water partition coefficient (Wildman–Crippen LogP) is 2.22. The molecule has 0 aliphatic heterocycles. The highest BCUT2D eigenvalue weighted by Crippen LogP contribution is 2.41. The molecule has 0 spiro atoms. The summed E-state index contributed by atoms with van der Waals surface area (Å²) in [7, 11) is 0. The average Bonchev–Trinajstić information content (AvgIpc) is 2.00. The van der Waals surface area contributed by atoms with E-state index < -0.39 is 5.60 Å².